The normalized spacial score (nSPS) is 12.9. The molecule has 0 saturated heterocycles. The maximum atomic E-state index is 13.8. The summed E-state index contributed by atoms with van der Waals surface area (Å²) in [6, 6.07) is 6.31. The molecule has 0 N–H and O–H groups in total. The maximum Gasteiger partial charge on any atom is 0.192 e. The lowest BCUT2D eigenvalue weighted by molar-refractivity contribution is -0.0477. The molecule has 1 rings (SSSR count). The average Bonchev–Trinajstić information content (AvgIpc) is 2.92. The molecular weight excluding hydrogens is 529 g/mol. The van der Waals surface area contributed by atoms with Crippen molar-refractivity contribution in [2.24, 2.45) is 0 Å². The number of hydrogen-bond donors (Lipinski definition) is 0. The highest BCUT2D eigenvalue weighted by Gasteiger charge is 2.37. The molecule has 0 unspecified atom stereocenters. The van der Waals surface area contributed by atoms with E-state index in [0.717, 1.165) is 6.42 Å². The summed E-state index contributed by atoms with van der Waals surface area (Å²) in [5.41, 5.74) is 0.993. The molecule has 4 nitrogen and oxygen atoms in total. The first kappa shape index (κ1) is 37.8. The molecule has 0 heterocycles. The van der Waals surface area contributed by atoms with Gasteiger partial charge in [0.1, 0.15) is 11.9 Å². The number of benzene rings is 1. The Hall–Kier alpha value is -1.26. The second-order valence-corrected chi connectivity index (χ2v) is 18.1. The van der Waals surface area contributed by atoms with Crippen molar-refractivity contribution < 1.29 is 18.3 Å². The highest BCUT2D eigenvalue weighted by Crippen LogP contribution is 2.36. The molecule has 1 aromatic carbocycles. The third kappa shape index (κ3) is 18.1. The number of nitriles is 1. The Bertz CT molecular complexity index is 834. The van der Waals surface area contributed by atoms with Gasteiger partial charge in [-0.1, -0.05) is 124 Å². The van der Waals surface area contributed by atoms with Crippen molar-refractivity contribution in [1.29, 1.82) is 5.26 Å². The highest BCUT2D eigenvalue weighted by molar-refractivity contribution is 6.74. The number of halogens is 1. The Morgan fingerprint density at radius 2 is 1.32 bits per heavy atom. The number of rotatable bonds is 25. The van der Waals surface area contributed by atoms with E-state index < -0.39 is 8.32 Å². The van der Waals surface area contributed by atoms with Crippen LogP contribution in [0.25, 0.3) is 0 Å². The molecule has 0 aliphatic heterocycles. The van der Waals surface area contributed by atoms with Crippen LogP contribution < -0.4 is 0 Å². The van der Waals surface area contributed by atoms with Gasteiger partial charge in [0, 0.05) is 6.61 Å². The van der Waals surface area contributed by atoms with E-state index in [-0.39, 0.29) is 23.6 Å². The van der Waals surface area contributed by atoms with E-state index in [2.05, 4.69) is 46.9 Å². The van der Waals surface area contributed by atoms with E-state index >= 15 is 0 Å². The predicted octanol–water partition coefficient (Wildman–Crippen LogP) is 10.9. The summed E-state index contributed by atoms with van der Waals surface area (Å²) in [5.74, 6) is -0.364. The molecule has 0 fully saturated rings. The summed E-state index contributed by atoms with van der Waals surface area (Å²) >= 11 is 0. The predicted molar refractivity (Wildman–Crippen MR) is 173 cm³/mol. The van der Waals surface area contributed by atoms with E-state index in [9.17, 15) is 9.65 Å². The van der Waals surface area contributed by atoms with Crippen LogP contribution >= 0.6 is 0 Å². The van der Waals surface area contributed by atoms with Crippen LogP contribution in [-0.2, 0) is 20.5 Å². The van der Waals surface area contributed by atoms with Gasteiger partial charge >= 0.3 is 0 Å². The Balaban J connectivity index is 2.23. The van der Waals surface area contributed by atoms with E-state index in [1.54, 1.807) is 0 Å². The fourth-order valence-corrected chi connectivity index (χ4v) is 5.66. The van der Waals surface area contributed by atoms with E-state index in [0.29, 0.717) is 30.9 Å². The van der Waals surface area contributed by atoms with Crippen molar-refractivity contribution in [3.8, 4) is 6.07 Å². The van der Waals surface area contributed by atoms with Crippen LogP contribution in [0.4, 0.5) is 4.39 Å². The van der Waals surface area contributed by atoms with Crippen LogP contribution in [0, 0.1) is 17.1 Å². The molecule has 1 aromatic rings. The second-order valence-electron chi connectivity index (χ2n) is 13.3. The Labute approximate surface area is 253 Å². The zero-order valence-electron chi connectivity index (χ0n) is 27.5. The zero-order chi connectivity index (χ0) is 30.4. The van der Waals surface area contributed by atoms with Crippen molar-refractivity contribution in [3.05, 3.63) is 35.1 Å². The molecule has 0 bridgehead atoms. The zero-order valence-corrected chi connectivity index (χ0v) is 28.5. The van der Waals surface area contributed by atoms with Crippen LogP contribution in [0.2, 0.25) is 18.1 Å². The van der Waals surface area contributed by atoms with E-state index in [4.69, 9.17) is 13.9 Å². The van der Waals surface area contributed by atoms with Gasteiger partial charge in [0.2, 0.25) is 0 Å². The first-order valence-electron chi connectivity index (χ1n) is 16.6. The van der Waals surface area contributed by atoms with Crippen LogP contribution in [0.3, 0.4) is 0 Å². The number of ether oxygens (including phenoxy) is 2. The summed E-state index contributed by atoms with van der Waals surface area (Å²) in [4.78, 5) is 0. The first-order chi connectivity index (χ1) is 19.6. The minimum Gasteiger partial charge on any atom is -0.414 e. The largest absolute Gasteiger partial charge is 0.414 e. The maximum absolute atomic E-state index is 13.8. The van der Waals surface area contributed by atoms with Gasteiger partial charge in [-0.25, -0.2) is 4.39 Å². The lowest BCUT2D eigenvalue weighted by atomic mass is 10.0. The smallest absolute Gasteiger partial charge is 0.192 e. The van der Waals surface area contributed by atoms with Crippen LogP contribution in [0.5, 0.6) is 0 Å². The van der Waals surface area contributed by atoms with Gasteiger partial charge in [-0.05, 0) is 48.3 Å². The Kier molecular flexibility index (Phi) is 20.5. The molecule has 41 heavy (non-hydrogen) atoms. The quantitative estimate of drug-likeness (QED) is 0.0838. The molecule has 0 aliphatic rings. The third-order valence-electron chi connectivity index (χ3n) is 8.54. The van der Waals surface area contributed by atoms with E-state index in [1.807, 2.05) is 0 Å². The van der Waals surface area contributed by atoms with Crippen molar-refractivity contribution in [3.63, 3.8) is 0 Å². The van der Waals surface area contributed by atoms with Crippen molar-refractivity contribution in [2.45, 2.75) is 161 Å². The van der Waals surface area contributed by atoms with Crippen LogP contribution in [0.15, 0.2) is 18.2 Å². The fourth-order valence-electron chi connectivity index (χ4n) is 4.63. The van der Waals surface area contributed by atoms with Crippen molar-refractivity contribution in [1.82, 2.24) is 0 Å². The first-order valence-corrected chi connectivity index (χ1v) is 19.5. The summed E-state index contributed by atoms with van der Waals surface area (Å²) in [6.45, 7) is 15.1. The summed E-state index contributed by atoms with van der Waals surface area (Å²) < 4.78 is 32.3. The van der Waals surface area contributed by atoms with Gasteiger partial charge in [-0.15, -0.1) is 0 Å². The van der Waals surface area contributed by atoms with Gasteiger partial charge in [0.15, 0.2) is 8.32 Å². The number of nitrogens with zero attached hydrogens (tertiary/aromatic N) is 1. The minimum atomic E-state index is -1.94. The van der Waals surface area contributed by atoms with E-state index in [1.165, 1.54) is 115 Å². The molecule has 0 saturated carbocycles. The molecular formula is C35H62FNO3Si. The minimum absolute atomic E-state index is 0.0997. The molecule has 0 amide bonds. The highest BCUT2D eigenvalue weighted by atomic mass is 28.4. The standard InChI is InChI=1S/C35H62FNO3Si/c1-7-8-9-10-11-12-13-14-15-16-17-18-19-20-21-22-25-38-29-34(30-40-41(5,6)35(2,3)4)39-28-32-26-33(36)24-23-31(32)27-37/h23-24,26,34H,7-22,25,28-30H2,1-6H3/t34-/m1/s1. The number of unbranched alkanes of at least 4 members (excludes halogenated alkanes) is 15. The summed E-state index contributed by atoms with van der Waals surface area (Å²) in [5, 5.41) is 9.47. The summed E-state index contributed by atoms with van der Waals surface area (Å²) in [6.07, 6.45) is 21.4. The molecule has 6 heteroatoms. The third-order valence-corrected chi connectivity index (χ3v) is 13.0. The lowest BCUT2D eigenvalue weighted by Crippen LogP contribution is -2.43. The molecule has 0 aromatic heterocycles. The van der Waals surface area contributed by atoms with Gasteiger partial charge in [0.25, 0.3) is 0 Å². The SMILES string of the molecule is CCCCCCCCCCCCCCCCCCOC[C@H](CO[Si](C)(C)C(C)(C)C)OCc1cc(F)ccc1C#N. The lowest BCUT2D eigenvalue weighted by Gasteiger charge is -2.37. The van der Waals surface area contributed by atoms with Gasteiger partial charge < -0.3 is 13.9 Å². The molecule has 1 atom stereocenters. The number of hydrogen-bond acceptors (Lipinski definition) is 4. The molecule has 0 aliphatic carbocycles. The van der Waals surface area contributed by atoms with Crippen LogP contribution in [-0.4, -0.2) is 34.2 Å². The average molecular weight is 592 g/mol. The summed E-state index contributed by atoms with van der Waals surface area (Å²) in [7, 11) is -1.94. The fraction of sp³-hybridized carbons (Fsp3) is 0.800. The van der Waals surface area contributed by atoms with Gasteiger partial charge in [-0.3, -0.25) is 0 Å². The van der Waals surface area contributed by atoms with Gasteiger partial charge in [0.05, 0.1) is 31.5 Å². The van der Waals surface area contributed by atoms with Crippen molar-refractivity contribution >= 4 is 8.32 Å². The van der Waals surface area contributed by atoms with Gasteiger partial charge in [-0.2, -0.15) is 5.26 Å². The molecule has 0 radical (unpaired) electrons. The topological polar surface area (TPSA) is 51.5 Å². The molecule has 0 spiro atoms. The Morgan fingerprint density at radius 1 is 0.805 bits per heavy atom. The molecule has 236 valence electrons. The Morgan fingerprint density at radius 3 is 1.80 bits per heavy atom. The van der Waals surface area contributed by atoms with Crippen molar-refractivity contribution in [2.75, 3.05) is 19.8 Å². The monoisotopic (exact) mass is 591 g/mol. The van der Waals surface area contributed by atoms with Crippen LogP contribution in [0.1, 0.15) is 142 Å². The second kappa shape index (κ2) is 22.3.